The number of aliphatic hydroxyl groups excluding tert-OH is 3. The molecule has 0 aromatic rings. The molecule has 1 aliphatic heterocycles. The molecule has 0 radical (unpaired) electrons. The number of unbranched alkanes of at least 4 members (excludes halogenated alkanes) is 1. The molecule has 0 spiro atoms. The molecule has 1 aliphatic rings. The molecule has 0 saturated carbocycles. The van der Waals surface area contributed by atoms with Crippen LogP contribution in [0.25, 0.3) is 0 Å². The fraction of sp³-hybridized carbons (Fsp3) is 0.784. The normalized spacial score (nSPS) is 23.9. The van der Waals surface area contributed by atoms with Crippen molar-refractivity contribution in [3.8, 4) is 0 Å². The SMILES string of the molecule is CCC(C)CCCCC(=O)N[C@@H](CCN)C(=O)N[C@H](C(=O)N[C@@H](CCN)C(=O)N[C@H]1CCNC(=O)[C@H]([C@@H](C)O)NC(=O)[C@H](CCN)NC(=O)[C@H](CCN)NC(=O)[C@H]([C@@H](C)O)NC(=O)[C@@H](CC(C)C)NC(=O)[C@H](CCN)NC1=O)[C@@H](C)O. The van der Waals surface area contributed by atoms with Gasteiger partial charge in [-0.25, -0.2) is 0 Å². The Morgan fingerprint density at radius 2 is 0.988 bits per heavy atom. The molecule has 24 N–H and O–H groups in total. The van der Waals surface area contributed by atoms with Crippen LogP contribution in [0.3, 0.4) is 0 Å². The second-order valence-corrected chi connectivity index (χ2v) is 21.0. The summed E-state index contributed by atoms with van der Waals surface area (Å²) >= 11 is 0. The first-order valence-electron chi connectivity index (χ1n) is 28.0. The van der Waals surface area contributed by atoms with Gasteiger partial charge >= 0.3 is 0 Å². The second-order valence-electron chi connectivity index (χ2n) is 21.0. The Hall–Kier alpha value is -6.15. The van der Waals surface area contributed by atoms with Crippen molar-refractivity contribution in [3.05, 3.63) is 0 Å². The van der Waals surface area contributed by atoms with Crippen LogP contribution >= 0.6 is 0 Å². The molecule has 1 unspecified atom stereocenters. The zero-order valence-electron chi connectivity index (χ0n) is 48.1. The van der Waals surface area contributed by atoms with Crippen LogP contribution in [0.4, 0.5) is 0 Å². The van der Waals surface area contributed by atoms with Gasteiger partial charge in [0.05, 0.1) is 18.3 Å². The Kier molecular flexibility index (Phi) is 34.7. The van der Waals surface area contributed by atoms with Crippen molar-refractivity contribution in [2.24, 2.45) is 40.5 Å². The van der Waals surface area contributed by atoms with E-state index in [1.54, 1.807) is 13.8 Å². The maximum absolute atomic E-state index is 14.4. The van der Waals surface area contributed by atoms with Gasteiger partial charge in [0, 0.05) is 13.0 Å². The lowest BCUT2D eigenvalue weighted by Gasteiger charge is -2.29. The number of carbonyl (C=O) groups is 11. The third-order valence-corrected chi connectivity index (χ3v) is 13.4. The number of nitrogens with two attached hydrogens (primary N) is 5. The smallest absolute Gasteiger partial charge is 0.245 e. The third-order valence-electron chi connectivity index (χ3n) is 13.4. The first-order chi connectivity index (χ1) is 38.2. The van der Waals surface area contributed by atoms with Crippen LogP contribution in [0.15, 0.2) is 0 Å². The van der Waals surface area contributed by atoms with Gasteiger partial charge in [-0.1, -0.05) is 47.0 Å². The minimum atomic E-state index is -1.73. The summed E-state index contributed by atoms with van der Waals surface area (Å²) in [4.78, 5) is 152. The molecule has 0 bridgehead atoms. The van der Waals surface area contributed by atoms with E-state index in [9.17, 15) is 68.1 Å². The number of aliphatic hydroxyl groups is 3. The van der Waals surface area contributed by atoms with E-state index in [2.05, 4.69) is 72.3 Å². The lowest BCUT2D eigenvalue weighted by Crippen LogP contribution is -2.62. The molecule has 14 atom stereocenters. The molecular formula is C51H96N16O14. The highest BCUT2D eigenvalue weighted by molar-refractivity contribution is 5.99. The molecule has 1 saturated heterocycles. The van der Waals surface area contributed by atoms with Gasteiger partial charge in [-0.05, 0) is 117 Å². The van der Waals surface area contributed by atoms with Crippen LogP contribution in [0.5, 0.6) is 0 Å². The number of carbonyl (C=O) groups excluding carboxylic acids is 11. The van der Waals surface area contributed by atoms with Crippen LogP contribution in [-0.2, 0) is 52.7 Å². The average molecular weight is 1160 g/mol. The topological polar surface area (TPSA) is 511 Å². The highest BCUT2D eigenvalue weighted by atomic mass is 16.3. The molecule has 0 aromatic heterocycles. The molecule has 1 fully saturated rings. The monoisotopic (exact) mass is 1160 g/mol. The van der Waals surface area contributed by atoms with Crippen molar-refractivity contribution < 1.29 is 68.1 Å². The summed E-state index contributed by atoms with van der Waals surface area (Å²) in [5, 5.41) is 59.4. The van der Waals surface area contributed by atoms with E-state index in [0.29, 0.717) is 12.3 Å². The predicted octanol–water partition coefficient (Wildman–Crippen LogP) is -7.11. The van der Waals surface area contributed by atoms with E-state index in [0.717, 1.165) is 19.3 Å². The number of rotatable bonds is 28. The predicted molar refractivity (Wildman–Crippen MR) is 298 cm³/mol. The van der Waals surface area contributed by atoms with Crippen molar-refractivity contribution in [3.63, 3.8) is 0 Å². The fourth-order valence-corrected chi connectivity index (χ4v) is 8.44. The standard InChI is InChI=1S/C51H96N16O14/c1-8-27(4)11-9-10-12-38(71)58-31(13-19-52)46(76)66-40(29(6)69)50(80)63-34(16-22-55)43(73)61-36-18-24-57-49(79)39(28(5)68)65-47(77)35(17-23-56)60-42(72)33(15-21-54)62-51(81)41(30(7)70)67-48(78)37(25-26(2)3)64-44(74)32(14-20-53)59-45(36)75/h26-37,39-41,68-70H,8-25,52-56H2,1-7H3,(H,57,79)(H,58,71)(H,59,75)(H,60,72)(H,61,73)(H,62,81)(H,63,80)(H,64,74)(H,65,77)(H,66,76)(H,67,78)/t27?,28-,29-,30-,31+,32+,33+,34+,35+,36+,37-,39+,40+,41+/m1/s1. The van der Waals surface area contributed by atoms with E-state index < -0.39 is 157 Å². The van der Waals surface area contributed by atoms with E-state index in [1.165, 1.54) is 20.8 Å². The van der Waals surface area contributed by atoms with Gasteiger partial charge in [-0.15, -0.1) is 0 Å². The summed E-state index contributed by atoms with van der Waals surface area (Å²) in [5.74, 6) is -10.1. The molecule has 0 aromatic carbocycles. The summed E-state index contributed by atoms with van der Waals surface area (Å²) in [6.45, 7) is 9.91. The zero-order valence-corrected chi connectivity index (χ0v) is 48.1. The summed E-state index contributed by atoms with van der Waals surface area (Å²) in [7, 11) is 0. The lowest BCUT2D eigenvalue weighted by molar-refractivity contribution is -0.137. The molecule has 0 aliphatic carbocycles. The Bertz CT molecular complexity index is 2050. The van der Waals surface area contributed by atoms with E-state index in [-0.39, 0.29) is 83.6 Å². The average Bonchev–Trinajstić information content (AvgIpc) is 3.39. The molecule has 464 valence electrons. The molecule has 81 heavy (non-hydrogen) atoms. The third kappa shape index (κ3) is 26.5. The molecule has 30 nitrogen and oxygen atoms in total. The maximum atomic E-state index is 14.4. The number of amides is 11. The van der Waals surface area contributed by atoms with Gasteiger partial charge in [-0.3, -0.25) is 52.7 Å². The van der Waals surface area contributed by atoms with Gasteiger partial charge in [0.15, 0.2) is 0 Å². The van der Waals surface area contributed by atoms with Gasteiger partial charge in [0.25, 0.3) is 0 Å². The quantitative estimate of drug-likeness (QED) is 0.0324. The first kappa shape index (κ1) is 72.9. The van der Waals surface area contributed by atoms with Crippen LogP contribution < -0.4 is 87.2 Å². The van der Waals surface area contributed by atoms with Crippen molar-refractivity contribution in [1.82, 2.24) is 58.5 Å². The minimum absolute atomic E-state index is 0.0215. The molecular weight excluding hydrogens is 1060 g/mol. The second kappa shape index (κ2) is 38.5. The van der Waals surface area contributed by atoms with E-state index >= 15 is 0 Å². The molecule has 11 amide bonds. The fourth-order valence-electron chi connectivity index (χ4n) is 8.44. The Labute approximate surface area is 474 Å². The van der Waals surface area contributed by atoms with E-state index in [4.69, 9.17) is 28.7 Å². The van der Waals surface area contributed by atoms with Crippen LogP contribution in [0.2, 0.25) is 0 Å². The van der Waals surface area contributed by atoms with Gasteiger partial charge < -0.3 is 102 Å². The van der Waals surface area contributed by atoms with Crippen LogP contribution in [0.1, 0.15) is 126 Å². The zero-order chi connectivity index (χ0) is 61.5. The number of hydrogen-bond donors (Lipinski definition) is 19. The van der Waals surface area contributed by atoms with E-state index in [1.807, 2.05) is 0 Å². The van der Waals surface area contributed by atoms with Gasteiger partial charge in [-0.2, -0.15) is 0 Å². The highest BCUT2D eigenvalue weighted by Gasteiger charge is 2.38. The van der Waals surface area contributed by atoms with Crippen molar-refractivity contribution >= 4 is 65.0 Å². The Balaban J connectivity index is 3.79. The first-order valence-corrected chi connectivity index (χ1v) is 28.0. The number of nitrogens with one attached hydrogen (secondary N) is 11. The molecule has 1 heterocycles. The Morgan fingerprint density at radius 1 is 0.531 bits per heavy atom. The largest absolute Gasteiger partial charge is 0.391 e. The summed E-state index contributed by atoms with van der Waals surface area (Å²) in [6.07, 6.45) is -2.79. The van der Waals surface area contributed by atoms with Crippen molar-refractivity contribution in [2.45, 2.75) is 204 Å². The van der Waals surface area contributed by atoms with Crippen LogP contribution in [0, 0.1) is 11.8 Å². The summed E-state index contributed by atoms with van der Waals surface area (Å²) in [5.41, 5.74) is 29.0. The van der Waals surface area contributed by atoms with Gasteiger partial charge in [0.2, 0.25) is 65.0 Å². The highest BCUT2D eigenvalue weighted by Crippen LogP contribution is 2.13. The lowest BCUT2D eigenvalue weighted by atomic mass is 10.0. The van der Waals surface area contributed by atoms with Gasteiger partial charge in [0.1, 0.15) is 60.4 Å². The van der Waals surface area contributed by atoms with Crippen molar-refractivity contribution in [2.75, 3.05) is 39.3 Å². The minimum Gasteiger partial charge on any atom is -0.391 e. The van der Waals surface area contributed by atoms with Crippen molar-refractivity contribution in [1.29, 1.82) is 0 Å². The number of hydrogen-bond acceptors (Lipinski definition) is 19. The maximum Gasteiger partial charge on any atom is 0.245 e. The van der Waals surface area contributed by atoms with Crippen LogP contribution in [-0.4, -0.2) is 198 Å². The molecule has 30 heteroatoms. The molecule has 1 rings (SSSR count). The summed E-state index contributed by atoms with van der Waals surface area (Å²) in [6, 6.07) is -15.4. The summed E-state index contributed by atoms with van der Waals surface area (Å²) < 4.78 is 0. The Morgan fingerprint density at radius 3 is 1.46 bits per heavy atom.